The Morgan fingerprint density at radius 1 is 1.32 bits per heavy atom. The van der Waals surface area contributed by atoms with E-state index in [0.717, 1.165) is 55.0 Å². The van der Waals surface area contributed by atoms with Crippen LogP contribution in [-0.2, 0) is 12.8 Å². The number of hydrogen-bond donors (Lipinski definition) is 1. The molecule has 3 nitrogen and oxygen atoms in total. The molecule has 0 radical (unpaired) electrons. The average Bonchev–Trinajstić information content (AvgIpc) is 2.95. The highest BCUT2D eigenvalue weighted by Crippen LogP contribution is 2.33. The van der Waals surface area contributed by atoms with Crippen LogP contribution < -0.4 is 5.43 Å². The third-order valence-electron chi connectivity index (χ3n) is 4.38. The molecule has 1 aliphatic carbocycles. The van der Waals surface area contributed by atoms with E-state index < -0.39 is 0 Å². The molecule has 1 N–H and O–H groups in total. The summed E-state index contributed by atoms with van der Waals surface area (Å²) in [5.41, 5.74) is 5.25. The minimum Gasteiger partial charge on any atom is -0.266 e. The molecule has 4 heteroatoms. The normalized spacial score (nSPS) is 17.0. The van der Waals surface area contributed by atoms with Gasteiger partial charge in [-0.15, -0.1) is 11.3 Å². The summed E-state index contributed by atoms with van der Waals surface area (Å²) in [4.78, 5) is 14.5. The maximum absolute atomic E-state index is 12.3. The predicted molar refractivity (Wildman–Crippen MR) is 94.8 cm³/mol. The number of carbonyl (C=O) groups is 1. The molecule has 0 aliphatic heterocycles. The number of nitrogens with zero attached hydrogens (tertiary/aromatic N) is 1. The van der Waals surface area contributed by atoms with Crippen LogP contribution in [0.15, 0.2) is 11.2 Å². The lowest BCUT2D eigenvalue weighted by Crippen LogP contribution is -2.18. The average molecular weight is 321 g/mol. The first-order valence-electron chi connectivity index (χ1n) is 8.65. The summed E-state index contributed by atoms with van der Waals surface area (Å²) >= 11 is 1.65. The second-order valence-electron chi connectivity index (χ2n) is 6.20. The lowest BCUT2D eigenvalue weighted by atomic mass is 9.87. The van der Waals surface area contributed by atoms with Gasteiger partial charge in [0.15, 0.2) is 0 Å². The van der Waals surface area contributed by atoms with Crippen molar-refractivity contribution >= 4 is 23.0 Å². The fraction of sp³-hybridized carbons (Fsp3) is 0.667. The van der Waals surface area contributed by atoms with Gasteiger partial charge in [0.1, 0.15) is 0 Å². The molecule has 0 saturated carbocycles. The van der Waals surface area contributed by atoms with Crippen molar-refractivity contribution < 1.29 is 4.79 Å². The summed E-state index contributed by atoms with van der Waals surface area (Å²) in [5.74, 6) is 0.744. The highest BCUT2D eigenvalue weighted by atomic mass is 32.1. The molecule has 1 aliphatic rings. The van der Waals surface area contributed by atoms with Gasteiger partial charge in [-0.05, 0) is 49.7 Å². The number of nitrogens with one attached hydrogen (secondary N) is 1. The molecular formula is C18H28N2OS. The summed E-state index contributed by atoms with van der Waals surface area (Å²) in [7, 11) is 0. The number of thiophene rings is 1. The first kappa shape index (κ1) is 17.2. The number of amides is 1. The Kier molecular flexibility index (Phi) is 6.62. The summed E-state index contributed by atoms with van der Waals surface area (Å²) in [5, 5.41) is 4.34. The zero-order valence-corrected chi connectivity index (χ0v) is 14.9. The molecule has 1 heterocycles. The van der Waals surface area contributed by atoms with Crippen molar-refractivity contribution in [3.05, 3.63) is 21.4 Å². The van der Waals surface area contributed by atoms with Gasteiger partial charge in [-0.3, -0.25) is 4.79 Å². The van der Waals surface area contributed by atoms with Crippen molar-refractivity contribution in [3.8, 4) is 0 Å². The van der Waals surface area contributed by atoms with Crippen LogP contribution in [0.5, 0.6) is 0 Å². The Morgan fingerprint density at radius 3 is 2.68 bits per heavy atom. The monoisotopic (exact) mass is 320 g/mol. The Morgan fingerprint density at radius 2 is 2.05 bits per heavy atom. The van der Waals surface area contributed by atoms with Crippen molar-refractivity contribution in [2.45, 2.75) is 72.1 Å². The van der Waals surface area contributed by atoms with Gasteiger partial charge >= 0.3 is 0 Å². The largest absolute Gasteiger partial charge is 0.281 e. The van der Waals surface area contributed by atoms with Crippen molar-refractivity contribution in [2.24, 2.45) is 11.0 Å². The Balaban J connectivity index is 2.01. The lowest BCUT2D eigenvalue weighted by Gasteiger charge is -2.19. The molecular weight excluding hydrogens is 292 g/mol. The topological polar surface area (TPSA) is 41.5 Å². The molecule has 22 heavy (non-hydrogen) atoms. The zero-order chi connectivity index (χ0) is 15.9. The van der Waals surface area contributed by atoms with E-state index in [-0.39, 0.29) is 5.91 Å². The van der Waals surface area contributed by atoms with E-state index in [2.05, 4.69) is 37.4 Å². The number of hydrogen-bond acceptors (Lipinski definition) is 3. The summed E-state index contributed by atoms with van der Waals surface area (Å²) in [6.45, 7) is 6.54. The number of aryl methyl sites for hydroxylation is 1. The summed E-state index contributed by atoms with van der Waals surface area (Å²) in [6.07, 6.45) is 8.84. The number of fused-ring (bicyclic) bond motifs is 1. The SMILES string of the molecule is CCCC(CCC)=NNC(=O)c1cc2c(s1)CC[C@H](CC)C2. The molecule has 1 aromatic heterocycles. The van der Waals surface area contributed by atoms with Gasteiger partial charge < -0.3 is 0 Å². The highest BCUT2D eigenvalue weighted by molar-refractivity contribution is 7.14. The maximum Gasteiger partial charge on any atom is 0.281 e. The fourth-order valence-electron chi connectivity index (χ4n) is 3.06. The number of carbonyl (C=O) groups excluding carboxylic acids is 1. The Hall–Kier alpha value is -1.16. The molecule has 1 atom stereocenters. The van der Waals surface area contributed by atoms with Gasteiger partial charge in [0.05, 0.1) is 4.88 Å². The third-order valence-corrected chi connectivity index (χ3v) is 5.61. The number of rotatable bonds is 7. The van der Waals surface area contributed by atoms with E-state index in [1.165, 1.54) is 23.3 Å². The molecule has 122 valence electrons. The minimum atomic E-state index is -0.0443. The first-order valence-corrected chi connectivity index (χ1v) is 9.46. The highest BCUT2D eigenvalue weighted by Gasteiger charge is 2.21. The van der Waals surface area contributed by atoms with Crippen molar-refractivity contribution in [2.75, 3.05) is 0 Å². The van der Waals surface area contributed by atoms with Crippen molar-refractivity contribution in [1.29, 1.82) is 0 Å². The molecule has 2 rings (SSSR count). The van der Waals surface area contributed by atoms with Crippen LogP contribution in [0, 0.1) is 5.92 Å². The van der Waals surface area contributed by atoms with E-state index >= 15 is 0 Å². The molecule has 0 saturated heterocycles. The van der Waals surface area contributed by atoms with Crippen LogP contribution in [0.1, 0.15) is 79.4 Å². The van der Waals surface area contributed by atoms with E-state index in [0.29, 0.717) is 0 Å². The fourth-order valence-corrected chi connectivity index (χ4v) is 4.16. The van der Waals surface area contributed by atoms with Gasteiger partial charge in [-0.2, -0.15) is 5.10 Å². The van der Waals surface area contributed by atoms with Gasteiger partial charge in [0.2, 0.25) is 0 Å². The van der Waals surface area contributed by atoms with E-state index in [1.54, 1.807) is 11.3 Å². The van der Waals surface area contributed by atoms with Crippen LogP contribution in [0.3, 0.4) is 0 Å². The molecule has 1 amide bonds. The molecule has 0 fully saturated rings. The van der Waals surface area contributed by atoms with Crippen LogP contribution >= 0.6 is 11.3 Å². The van der Waals surface area contributed by atoms with E-state index in [1.807, 2.05) is 0 Å². The van der Waals surface area contributed by atoms with E-state index in [4.69, 9.17) is 0 Å². The Labute approximate surface area is 138 Å². The Bertz CT molecular complexity index is 525. The maximum atomic E-state index is 12.3. The first-order chi connectivity index (χ1) is 10.7. The molecule has 0 aromatic carbocycles. The van der Waals surface area contributed by atoms with Gasteiger partial charge in [0, 0.05) is 10.6 Å². The van der Waals surface area contributed by atoms with Crippen LogP contribution in [-0.4, -0.2) is 11.6 Å². The van der Waals surface area contributed by atoms with E-state index in [9.17, 15) is 4.79 Å². The standard InChI is InChI=1S/C18H28N2OS/c1-4-7-15(8-5-2)19-20-18(21)17-12-14-11-13(6-3)9-10-16(14)22-17/h12-13H,4-11H2,1-3H3,(H,20,21)/t13-/m0/s1. The molecule has 0 unspecified atom stereocenters. The minimum absolute atomic E-state index is 0.0443. The summed E-state index contributed by atoms with van der Waals surface area (Å²) in [6, 6.07) is 2.09. The second-order valence-corrected chi connectivity index (χ2v) is 7.33. The lowest BCUT2D eigenvalue weighted by molar-refractivity contribution is 0.0958. The van der Waals surface area contributed by atoms with Gasteiger partial charge in [0.25, 0.3) is 5.91 Å². The van der Waals surface area contributed by atoms with Crippen molar-refractivity contribution in [3.63, 3.8) is 0 Å². The quantitative estimate of drug-likeness (QED) is 0.560. The molecule has 0 bridgehead atoms. The van der Waals surface area contributed by atoms with Crippen LogP contribution in [0.25, 0.3) is 0 Å². The molecule has 0 spiro atoms. The second kappa shape index (κ2) is 8.47. The zero-order valence-electron chi connectivity index (χ0n) is 14.1. The van der Waals surface area contributed by atoms with Crippen molar-refractivity contribution in [1.82, 2.24) is 5.43 Å². The van der Waals surface area contributed by atoms with Crippen LogP contribution in [0.2, 0.25) is 0 Å². The summed E-state index contributed by atoms with van der Waals surface area (Å²) < 4.78 is 0. The van der Waals surface area contributed by atoms with Crippen LogP contribution in [0.4, 0.5) is 0 Å². The van der Waals surface area contributed by atoms with Gasteiger partial charge in [-0.25, -0.2) is 5.43 Å². The predicted octanol–water partition coefficient (Wildman–Crippen LogP) is 4.95. The van der Waals surface area contributed by atoms with Gasteiger partial charge in [-0.1, -0.05) is 40.0 Å². The number of hydrazone groups is 1. The smallest absolute Gasteiger partial charge is 0.266 e. The molecule has 1 aromatic rings. The third kappa shape index (κ3) is 4.42.